The normalized spacial score (nSPS) is 12.1. The second-order valence-corrected chi connectivity index (χ2v) is 6.21. The molecule has 126 valence electrons. The highest BCUT2D eigenvalue weighted by atomic mass is 19.4. The van der Waals surface area contributed by atoms with Crippen molar-refractivity contribution in [3.8, 4) is 0 Å². The molecule has 0 bridgehead atoms. The molecule has 0 saturated heterocycles. The largest absolute Gasteiger partial charge is 0.417 e. The molecule has 0 aliphatic carbocycles. The van der Waals surface area contributed by atoms with E-state index in [9.17, 15) is 18.0 Å². The van der Waals surface area contributed by atoms with Crippen LogP contribution < -0.4 is 5.56 Å². The van der Waals surface area contributed by atoms with Crippen LogP contribution in [0.4, 0.5) is 13.2 Å². The third kappa shape index (κ3) is 2.42. The van der Waals surface area contributed by atoms with E-state index in [2.05, 4.69) is 4.98 Å². The maximum absolute atomic E-state index is 13.5. The molecule has 2 heterocycles. The minimum atomic E-state index is -4.60. The number of H-pyrrole nitrogens is 1. The smallest absolute Gasteiger partial charge is 0.322 e. The summed E-state index contributed by atoms with van der Waals surface area (Å²) >= 11 is 0. The molecule has 1 N–H and O–H groups in total. The lowest BCUT2D eigenvalue weighted by molar-refractivity contribution is -0.136. The number of aromatic nitrogens is 2. The highest BCUT2D eigenvalue weighted by Crippen LogP contribution is 2.39. The zero-order valence-corrected chi connectivity index (χ0v) is 13.8. The summed E-state index contributed by atoms with van der Waals surface area (Å²) in [6.45, 7) is 7.54. The maximum atomic E-state index is 13.5. The summed E-state index contributed by atoms with van der Waals surface area (Å²) in [4.78, 5) is 14.1. The maximum Gasteiger partial charge on any atom is 0.417 e. The number of aryl methyl sites for hydroxylation is 1. The fourth-order valence-corrected chi connectivity index (χ4v) is 3.12. The number of fused-ring (bicyclic) bond motifs is 3. The highest BCUT2D eigenvalue weighted by Gasteiger charge is 2.34. The van der Waals surface area contributed by atoms with Gasteiger partial charge in [-0.15, -0.1) is 0 Å². The van der Waals surface area contributed by atoms with E-state index in [1.165, 1.54) is 6.07 Å². The summed E-state index contributed by atoms with van der Waals surface area (Å²) in [6.07, 6.45) is -2.70. The van der Waals surface area contributed by atoms with Crippen LogP contribution >= 0.6 is 0 Å². The molecule has 3 aromatic rings. The van der Waals surface area contributed by atoms with E-state index in [0.29, 0.717) is 17.0 Å². The number of benzene rings is 1. The molecular formula is C18H17F3N2O. The van der Waals surface area contributed by atoms with Crippen LogP contribution in [0.25, 0.3) is 28.0 Å². The Morgan fingerprint density at radius 1 is 1.17 bits per heavy atom. The van der Waals surface area contributed by atoms with Gasteiger partial charge in [-0.05, 0) is 45.4 Å². The molecule has 0 aliphatic heterocycles. The van der Waals surface area contributed by atoms with E-state index in [1.54, 1.807) is 13.0 Å². The standard InChI is InChI=1S/C18H17F3N2O/c1-9(2)8-23-11(4)10(3)16-14(23)6-5-13-17(16)12(18(19,20)21)7-15(24)22-13/h5-8H,1-4H3,(H,22,24). The number of rotatable bonds is 1. The Bertz CT molecular complexity index is 1050. The van der Waals surface area contributed by atoms with Crippen molar-refractivity contribution in [2.75, 3.05) is 0 Å². The van der Waals surface area contributed by atoms with Crippen molar-refractivity contribution >= 4 is 28.0 Å². The van der Waals surface area contributed by atoms with Gasteiger partial charge in [0.2, 0.25) is 5.56 Å². The van der Waals surface area contributed by atoms with E-state index < -0.39 is 17.3 Å². The monoisotopic (exact) mass is 334 g/mol. The Hall–Kier alpha value is -2.50. The molecule has 0 fully saturated rings. The average molecular weight is 334 g/mol. The van der Waals surface area contributed by atoms with E-state index in [-0.39, 0.29) is 10.9 Å². The summed E-state index contributed by atoms with van der Waals surface area (Å²) in [5.41, 5.74) is 1.91. The van der Waals surface area contributed by atoms with Crippen molar-refractivity contribution in [2.45, 2.75) is 33.9 Å². The number of aromatic amines is 1. The van der Waals surface area contributed by atoms with Gasteiger partial charge >= 0.3 is 6.18 Å². The van der Waals surface area contributed by atoms with Gasteiger partial charge in [-0.3, -0.25) is 4.79 Å². The van der Waals surface area contributed by atoms with E-state index >= 15 is 0 Å². The van der Waals surface area contributed by atoms with E-state index in [4.69, 9.17) is 0 Å². The number of alkyl halides is 3. The van der Waals surface area contributed by atoms with E-state index in [0.717, 1.165) is 16.8 Å². The van der Waals surface area contributed by atoms with Gasteiger partial charge in [-0.25, -0.2) is 0 Å². The number of nitrogens with one attached hydrogen (secondary N) is 1. The van der Waals surface area contributed by atoms with Crippen LogP contribution in [0.5, 0.6) is 0 Å². The number of halogens is 3. The van der Waals surface area contributed by atoms with Crippen molar-refractivity contribution in [3.63, 3.8) is 0 Å². The lowest BCUT2D eigenvalue weighted by Gasteiger charge is -2.11. The first-order valence-electron chi connectivity index (χ1n) is 7.50. The topological polar surface area (TPSA) is 37.8 Å². The molecule has 0 amide bonds. The number of hydrogen-bond donors (Lipinski definition) is 1. The number of nitrogens with zero attached hydrogens (tertiary/aromatic N) is 1. The fraction of sp³-hybridized carbons (Fsp3) is 0.278. The first kappa shape index (κ1) is 16.4. The van der Waals surface area contributed by atoms with Crippen molar-refractivity contribution in [1.29, 1.82) is 0 Å². The van der Waals surface area contributed by atoms with Crippen LogP contribution in [-0.4, -0.2) is 9.55 Å². The first-order valence-corrected chi connectivity index (χ1v) is 7.50. The Kier molecular flexibility index (Phi) is 3.59. The van der Waals surface area contributed by atoms with Crippen LogP contribution in [0.3, 0.4) is 0 Å². The van der Waals surface area contributed by atoms with Gasteiger partial charge in [-0.2, -0.15) is 13.2 Å². The molecule has 1 aromatic carbocycles. The Morgan fingerprint density at radius 2 is 1.83 bits per heavy atom. The number of pyridine rings is 1. The van der Waals surface area contributed by atoms with Crippen LogP contribution in [0, 0.1) is 13.8 Å². The predicted molar refractivity (Wildman–Crippen MR) is 90.2 cm³/mol. The van der Waals surface area contributed by atoms with Gasteiger partial charge in [0, 0.05) is 34.2 Å². The zero-order valence-electron chi connectivity index (χ0n) is 13.8. The first-order chi connectivity index (χ1) is 11.1. The molecule has 24 heavy (non-hydrogen) atoms. The third-order valence-corrected chi connectivity index (χ3v) is 4.22. The molecule has 0 aliphatic rings. The molecule has 0 unspecified atom stereocenters. The lowest BCUT2D eigenvalue weighted by atomic mass is 10.0. The van der Waals surface area contributed by atoms with Crippen molar-refractivity contribution in [3.05, 3.63) is 50.9 Å². The molecule has 0 spiro atoms. The average Bonchev–Trinajstić information content (AvgIpc) is 2.70. The van der Waals surface area contributed by atoms with Gasteiger partial charge in [0.25, 0.3) is 0 Å². The van der Waals surface area contributed by atoms with Gasteiger partial charge < -0.3 is 9.55 Å². The molecule has 0 atom stereocenters. The lowest BCUT2D eigenvalue weighted by Crippen LogP contribution is -2.14. The molecular weight excluding hydrogens is 317 g/mol. The third-order valence-electron chi connectivity index (χ3n) is 4.22. The summed E-state index contributed by atoms with van der Waals surface area (Å²) in [5, 5.41) is 0.562. The molecule has 2 aromatic heterocycles. The fourth-order valence-electron chi connectivity index (χ4n) is 3.12. The number of allylic oxidation sites excluding steroid dienone is 1. The highest BCUT2D eigenvalue weighted by molar-refractivity contribution is 6.10. The second kappa shape index (κ2) is 5.26. The minimum absolute atomic E-state index is 0.0427. The van der Waals surface area contributed by atoms with Gasteiger partial charge in [0.1, 0.15) is 0 Å². The Labute approximate surface area is 136 Å². The van der Waals surface area contributed by atoms with Crippen LogP contribution in [-0.2, 0) is 6.18 Å². The zero-order chi connectivity index (χ0) is 17.8. The van der Waals surface area contributed by atoms with Gasteiger partial charge in [0.05, 0.1) is 11.1 Å². The Morgan fingerprint density at radius 3 is 2.42 bits per heavy atom. The SMILES string of the molecule is CC(C)=Cn1c(C)c(C)c2c3c(C(F)(F)F)cc(=O)[nH]c3ccc21. The van der Waals surface area contributed by atoms with E-state index in [1.807, 2.05) is 31.5 Å². The van der Waals surface area contributed by atoms with Crippen LogP contribution in [0.1, 0.15) is 30.7 Å². The van der Waals surface area contributed by atoms with Crippen molar-refractivity contribution < 1.29 is 13.2 Å². The predicted octanol–water partition coefficient (Wildman–Crippen LogP) is 5.00. The second-order valence-electron chi connectivity index (χ2n) is 6.21. The summed E-state index contributed by atoms with van der Waals surface area (Å²) in [6, 6.07) is 3.91. The van der Waals surface area contributed by atoms with Crippen LogP contribution in [0.15, 0.2) is 28.6 Å². The Balaban J connectivity index is 2.61. The summed E-state index contributed by atoms with van der Waals surface area (Å²) in [7, 11) is 0. The molecule has 0 radical (unpaired) electrons. The molecule has 3 rings (SSSR count). The molecule has 3 nitrogen and oxygen atoms in total. The van der Waals surface area contributed by atoms with Crippen molar-refractivity contribution in [2.24, 2.45) is 0 Å². The number of hydrogen-bond acceptors (Lipinski definition) is 1. The molecule has 6 heteroatoms. The minimum Gasteiger partial charge on any atom is -0.322 e. The van der Waals surface area contributed by atoms with Crippen LogP contribution in [0.2, 0.25) is 0 Å². The quantitative estimate of drug-likeness (QED) is 0.668. The van der Waals surface area contributed by atoms with Gasteiger partial charge in [-0.1, -0.05) is 5.57 Å². The summed E-state index contributed by atoms with van der Waals surface area (Å²) in [5.74, 6) is 0. The summed E-state index contributed by atoms with van der Waals surface area (Å²) < 4.78 is 42.4. The molecule has 0 saturated carbocycles. The van der Waals surface area contributed by atoms with Crippen molar-refractivity contribution in [1.82, 2.24) is 9.55 Å². The van der Waals surface area contributed by atoms with Gasteiger partial charge in [0.15, 0.2) is 0 Å².